The van der Waals surface area contributed by atoms with Crippen LogP contribution in [0.25, 0.3) is 77.6 Å². The number of para-hydroxylation sites is 2. The summed E-state index contributed by atoms with van der Waals surface area (Å²) in [5, 5.41) is 2.22. The number of anilines is 3. The maximum Gasteiger partial charge on any atom is 0.137 e. The molecule has 0 aliphatic heterocycles. The largest absolute Gasteiger partial charge is 0.456 e. The number of hydrogen-bond acceptors (Lipinski definition) is 2. The normalized spacial score (nSPS) is 13.3. The van der Waals surface area contributed by atoms with E-state index in [9.17, 15) is 0 Å². The average molecular weight is 914 g/mol. The van der Waals surface area contributed by atoms with Crippen LogP contribution in [0.5, 0.6) is 0 Å². The summed E-state index contributed by atoms with van der Waals surface area (Å²) in [6, 6.07) is 83.6. The highest BCUT2D eigenvalue weighted by Gasteiger charge is 2.53. The molecule has 0 N–H and O–H groups in total. The smallest absolute Gasteiger partial charge is 0.137 e. The first-order chi connectivity index (χ1) is 34.5. The van der Waals surface area contributed by atoms with Crippen molar-refractivity contribution in [3.05, 3.63) is 258 Å². The Hall–Kier alpha value is -8.20. The van der Waals surface area contributed by atoms with Gasteiger partial charge in [-0.05, 0) is 119 Å². The van der Waals surface area contributed by atoms with Crippen molar-refractivity contribution in [2.24, 2.45) is 0 Å². The lowest BCUT2D eigenvalue weighted by Crippen LogP contribution is -2.27. The molecule has 0 saturated carbocycles. The van der Waals surface area contributed by atoms with Gasteiger partial charge in [-0.2, -0.15) is 0 Å². The van der Waals surface area contributed by atoms with Crippen LogP contribution in [0.2, 0.25) is 0 Å². The zero-order chi connectivity index (χ0) is 48.2. The highest BCUT2D eigenvalue weighted by molar-refractivity contribution is 6.08. The molecule has 2 heteroatoms. The highest BCUT2D eigenvalue weighted by atomic mass is 16.3. The standard InChI is InChI=1S/C69H55NO/c1-67(2,3)45-35-38-52-53-39-36-46(68(4,5)6)42-61(53)69(60(52)41-45)58-30-17-14-29-57(58)66-59(69)31-20-33-63(66)70(47-37-40-56-55-28-16-19-34-64(55)71-65(56)43-47)62-32-18-15-27-54(62)51-26-13-12-25-50(51)49-24-11-10-23-48(49)44-21-8-7-9-22-44/h7-43H,1-6H3. The second kappa shape index (κ2) is 15.9. The van der Waals surface area contributed by atoms with Gasteiger partial charge in [-0.25, -0.2) is 0 Å². The van der Waals surface area contributed by atoms with E-state index >= 15 is 0 Å². The first kappa shape index (κ1) is 42.9. The van der Waals surface area contributed by atoms with Gasteiger partial charge in [0, 0.05) is 33.7 Å². The van der Waals surface area contributed by atoms with Crippen LogP contribution in [0, 0.1) is 0 Å². The Labute approximate surface area is 417 Å². The molecule has 1 aromatic heterocycles. The third-order valence-electron chi connectivity index (χ3n) is 15.4. The van der Waals surface area contributed by atoms with Crippen molar-refractivity contribution in [3.63, 3.8) is 0 Å². The molecule has 342 valence electrons. The molecule has 1 spiro atoms. The summed E-state index contributed by atoms with van der Waals surface area (Å²) < 4.78 is 6.72. The fourth-order valence-corrected chi connectivity index (χ4v) is 12.0. The third-order valence-corrected chi connectivity index (χ3v) is 15.4. The van der Waals surface area contributed by atoms with Gasteiger partial charge in [0.15, 0.2) is 0 Å². The van der Waals surface area contributed by atoms with Gasteiger partial charge in [0.2, 0.25) is 0 Å². The highest BCUT2D eigenvalue weighted by Crippen LogP contribution is 2.65. The van der Waals surface area contributed by atoms with Gasteiger partial charge in [0.25, 0.3) is 0 Å². The number of hydrogen-bond donors (Lipinski definition) is 0. The molecule has 0 unspecified atom stereocenters. The fourth-order valence-electron chi connectivity index (χ4n) is 12.0. The molecule has 13 rings (SSSR count). The first-order valence-corrected chi connectivity index (χ1v) is 25.1. The summed E-state index contributed by atoms with van der Waals surface area (Å²) in [6.45, 7) is 14.0. The summed E-state index contributed by atoms with van der Waals surface area (Å²) in [4.78, 5) is 2.52. The van der Waals surface area contributed by atoms with Gasteiger partial charge in [-0.3, -0.25) is 0 Å². The molecule has 71 heavy (non-hydrogen) atoms. The maximum atomic E-state index is 6.72. The minimum atomic E-state index is -0.559. The number of fused-ring (bicyclic) bond motifs is 13. The van der Waals surface area contributed by atoms with Gasteiger partial charge in [0.05, 0.1) is 16.8 Å². The molecule has 0 atom stereocenters. The Morgan fingerprint density at radius 3 is 1.52 bits per heavy atom. The van der Waals surface area contributed by atoms with E-state index in [0.717, 1.165) is 50.1 Å². The lowest BCUT2D eigenvalue weighted by atomic mass is 9.69. The van der Waals surface area contributed by atoms with Crippen LogP contribution in [-0.2, 0) is 16.2 Å². The second-order valence-electron chi connectivity index (χ2n) is 21.6. The second-order valence-corrected chi connectivity index (χ2v) is 21.6. The van der Waals surface area contributed by atoms with Crippen LogP contribution in [0.3, 0.4) is 0 Å². The number of benzene rings is 10. The predicted molar refractivity (Wildman–Crippen MR) is 298 cm³/mol. The van der Waals surface area contributed by atoms with Crippen molar-refractivity contribution < 1.29 is 4.42 Å². The van der Waals surface area contributed by atoms with Crippen molar-refractivity contribution in [3.8, 4) is 55.6 Å². The van der Waals surface area contributed by atoms with Gasteiger partial charge in [0.1, 0.15) is 11.2 Å². The van der Waals surface area contributed by atoms with E-state index in [1.54, 1.807) is 0 Å². The van der Waals surface area contributed by atoms with E-state index in [4.69, 9.17) is 4.42 Å². The molecule has 0 bridgehead atoms. The summed E-state index contributed by atoms with van der Waals surface area (Å²) in [5.41, 5.74) is 24.5. The Kier molecular flexibility index (Phi) is 9.61. The topological polar surface area (TPSA) is 16.4 Å². The molecular formula is C69H55NO. The van der Waals surface area contributed by atoms with Crippen molar-refractivity contribution in [2.45, 2.75) is 57.8 Å². The lowest BCUT2D eigenvalue weighted by molar-refractivity contribution is 0.586. The predicted octanol–water partition coefficient (Wildman–Crippen LogP) is 19.0. The summed E-state index contributed by atoms with van der Waals surface area (Å²) in [6.07, 6.45) is 0. The summed E-state index contributed by atoms with van der Waals surface area (Å²) in [7, 11) is 0. The quantitative estimate of drug-likeness (QED) is 0.165. The molecule has 1 heterocycles. The zero-order valence-corrected chi connectivity index (χ0v) is 41.2. The van der Waals surface area contributed by atoms with Gasteiger partial charge >= 0.3 is 0 Å². The average Bonchev–Trinajstić information content (AvgIpc) is 4.03. The van der Waals surface area contributed by atoms with Crippen molar-refractivity contribution in [2.75, 3.05) is 4.90 Å². The molecule has 0 fully saturated rings. The van der Waals surface area contributed by atoms with Crippen LogP contribution in [0.4, 0.5) is 17.1 Å². The van der Waals surface area contributed by atoms with Gasteiger partial charge in [-0.1, -0.05) is 230 Å². The number of nitrogens with zero attached hydrogens (tertiary/aromatic N) is 1. The summed E-state index contributed by atoms with van der Waals surface area (Å²) in [5.74, 6) is 0. The molecule has 2 nitrogen and oxygen atoms in total. The Bertz CT molecular complexity index is 3850. The molecular weight excluding hydrogens is 859 g/mol. The van der Waals surface area contributed by atoms with E-state index in [0.29, 0.717) is 0 Å². The van der Waals surface area contributed by atoms with E-state index in [2.05, 4.69) is 271 Å². The van der Waals surface area contributed by atoms with Crippen molar-refractivity contribution in [1.82, 2.24) is 0 Å². The molecule has 0 saturated heterocycles. The Morgan fingerprint density at radius 2 is 0.845 bits per heavy atom. The van der Waals surface area contributed by atoms with Gasteiger partial charge in [-0.15, -0.1) is 0 Å². The maximum absolute atomic E-state index is 6.72. The molecule has 0 amide bonds. The molecule has 11 aromatic rings. The minimum Gasteiger partial charge on any atom is -0.456 e. The monoisotopic (exact) mass is 913 g/mol. The third kappa shape index (κ3) is 6.54. The van der Waals surface area contributed by atoms with Gasteiger partial charge < -0.3 is 9.32 Å². The van der Waals surface area contributed by atoms with E-state index in [1.165, 1.54) is 77.9 Å². The Balaban J connectivity index is 1.11. The minimum absolute atomic E-state index is 0.0436. The van der Waals surface area contributed by atoms with E-state index in [1.807, 2.05) is 0 Å². The molecule has 2 aliphatic carbocycles. The Morgan fingerprint density at radius 1 is 0.338 bits per heavy atom. The lowest BCUT2D eigenvalue weighted by Gasteiger charge is -2.34. The SMILES string of the molecule is CC(C)(C)c1ccc2c(c1)C1(c3cc(C(C)(C)C)ccc3-2)c2ccccc2-c2c(N(c3ccc4c(c3)oc3ccccc34)c3ccccc3-c3ccccc3-c3ccccc3-c3ccccc3)cccc21. The molecule has 0 radical (unpaired) electrons. The zero-order valence-electron chi connectivity index (χ0n) is 41.2. The van der Waals surface area contributed by atoms with E-state index in [-0.39, 0.29) is 10.8 Å². The van der Waals surface area contributed by atoms with Crippen LogP contribution in [0.15, 0.2) is 229 Å². The van der Waals surface area contributed by atoms with Crippen LogP contribution < -0.4 is 4.90 Å². The molecule has 10 aromatic carbocycles. The van der Waals surface area contributed by atoms with Crippen LogP contribution in [0.1, 0.15) is 74.9 Å². The summed E-state index contributed by atoms with van der Waals surface area (Å²) >= 11 is 0. The fraction of sp³-hybridized carbons (Fsp3) is 0.130. The number of furan rings is 1. The van der Waals surface area contributed by atoms with Crippen LogP contribution in [-0.4, -0.2) is 0 Å². The number of rotatable bonds is 6. The first-order valence-electron chi connectivity index (χ1n) is 25.1. The molecule has 2 aliphatic rings. The van der Waals surface area contributed by atoms with E-state index < -0.39 is 5.41 Å². The van der Waals surface area contributed by atoms with Crippen LogP contribution >= 0.6 is 0 Å². The van der Waals surface area contributed by atoms with Crippen molar-refractivity contribution in [1.29, 1.82) is 0 Å². The van der Waals surface area contributed by atoms with Crippen molar-refractivity contribution >= 4 is 39.0 Å².